The summed E-state index contributed by atoms with van der Waals surface area (Å²) in [6.45, 7) is 3.20. The Morgan fingerprint density at radius 1 is 0.734 bits per heavy atom. The van der Waals surface area contributed by atoms with E-state index in [1.807, 2.05) is 25.1 Å². The van der Waals surface area contributed by atoms with Gasteiger partial charge in [-0.25, -0.2) is 4.98 Å². The van der Waals surface area contributed by atoms with Gasteiger partial charge in [-0.2, -0.15) is 0 Å². The molecule has 9 amide bonds. The van der Waals surface area contributed by atoms with Crippen molar-refractivity contribution in [2.24, 2.45) is 11.5 Å². The molecule has 2 aromatic carbocycles. The Labute approximate surface area is 463 Å². The maximum atomic E-state index is 14.7. The van der Waals surface area contributed by atoms with Crippen LogP contribution in [0.25, 0.3) is 10.9 Å². The van der Waals surface area contributed by atoms with Crippen molar-refractivity contribution in [1.29, 1.82) is 5.41 Å². The first-order valence-corrected chi connectivity index (χ1v) is 28.1. The van der Waals surface area contributed by atoms with Gasteiger partial charge in [0, 0.05) is 74.0 Å². The summed E-state index contributed by atoms with van der Waals surface area (Å²) in [5.74, 6) is -9.81. The second kappa shape index (κ2) is 31.3. The largest absolute Gasteiger partial charge is 0.481 e. The zero-order valence-electron chi connectivity index (χ0n) is 43.7. The summed E-state index contributed by atoms with van der Waals surface area (Å²) in [6, 6.07) is 4.41. The zero-order valence-corrected chi connectivity index (χ0v) is 45.3. The third-order valence-corrected chi connectivity index (χ3v) is 15.0. The van der Waals surface area contributed by atoms with Gasteiger partial charge in [0.2, 0.25) is 53.2 Å². The van der Waals surface area contributed by atoms with Crippen LogP contribution in [0.5, 0.6) is 0 Å². The number of rotatable bonds is 20. The number of aromatic nitrogens is 3. The molecule has 0 aliphatic carbocycles. The number of carboxylic acid groups (broad SMARTS) is 1. The summed E-state index contributed by atoms with van der Waals surface area (Å²) >= 11 is 0. The Bertz CT molecular complexity index is 2770. The highest BCUT2D eigenvalue weighted by atomic mass is 33.1. The van der Waals surface area contributed by atoms with Crippen molar-refractivity contribution >= 4 is 97.6 Å². The Hall–Kier alpha value is -8.14. The summed E-state index contributed by atoms with van der Waals surface area (Å²) < 4.78 is 0. The number of fused-ring (bicyclic) bond motifs is 1. The molecular formula is C51H69N15O11S2. The number of aliphatic carboxylic acids is 1. The second-order valence-corrected chi connectivity index (χ2v) is 21.3. The molecule has 28 heteroatoms. The monoisotopic (exact) mass is 1130 g/mol. The van der Waals surface area contributed by atoms with Gasteiger partial charge in [0.15, 0.2) is 5.96 Å². The Morgan fingerprint density at radius 2 is 1.33 bits per heavy atom. The number of hydrogen-bond donors (Lipinski definition) is 15. The minimum atomic E-state index is -1.64. The number of carboxylic acids is 1. The molecule has 2 aromatic heterocycles. The number of H-pyrrole nitrogens is 2. The number of nitrogens with zero attached hydrogens (tertiary/aromatic N) is 1. The average molecular weight is 1130 g/mol. The molecule has 1 aliphatic rings. The van der Waals surface area contributed by atoms with Crippen molar-refractivity contribution in [2.45, 2.75) is 126 Å². The van der Waals surface area contributed by atoms with E-state index in [1.54, 1.807) is 42.6 Å². The van der Waals surface area contributed by atoms with E-state index in [4.69, 9.17) is 16.9 Å². The smallest absolute Gasteiger partial charge is 0.303 e. The number of carbonyl (C=O) groups excluding carboxylic acids is 9. The first-order chi connectivity index (χ1) is 37.8. The molecule has 1 saturated heterocycles. The first kappa shape index (κ1) is 61.7. The van der Waals surface area contributed by atoms with Crippen molar-refractivity contribution in [2.75, 3.05) is 18.1 Å². The molecule has 0 radical (unpaired) electrons. The Morgan fingerprint density at radius 3 is 1.96 bits per heavy atom. The molecule has 3 heterocycles. The number of benzene rings is 2. The number of imidazole rings is 1. The summed E-state index contributed by atoms with van der Waals surface area (Å²) in [5, 5.41) is 42.0. The predicted molar refractivity (Wildman–Crippen MR) is 295 cm³/mol. The molecule has 8 atom stereocenters. The molecule has 26 nitrogen and oxygen atoms in total. The number of nitrogens with two attached hydrogens (primary N) is 2. The molecule has 0 saturated carbocycles. The number of aromatic amines is 2. The fourth-order valence-electron chi connectivity index (χ4n) is 8.38. The van der Waals surface area contributed by atoms with E-state index in [1.165, 1.54) is 19.4 Å². The minimum Gasteiger partial charge on any atom is -0.481 e. The molecule has 426 valence electrons. The lowest BCUT2D eigenvalue weighted by Gasteiger charge is -2.28. The van der Waals surface area contributed by atoms with Crippen LogP contribution in [-0.4, -0.2) is 152 Å². The maximum absolute atomic E-state index is 14.7. The summed E-state index contributed by atoms with van der Waals surface area (Å²) in [5.41, 5.74) is 13.6. The number of hydrogen-bond acceptors (Lipinski definition) is 14. The molecule has 79 heavy (non-hydrogen) atoms. The number of nitrogens with one attached hydrogen (secondary N) is 12. The van der Waals surface area contributed by atoms with Crippen molar-refractivity contribution in [1.82, 2.24) is 62.8 Å². The zero-order chi connectivity index (χ0) is 57.4. The van der Waals surface area contributed by atoms with E-state index in [2.05, 4.69) is 62.8 Å². The lowest BCUT2D eigenvalue weighted by molar-refractivity contribution is -0.138. The van der Waals surface area contributed by atoms with Gasteiger partial charge >= 0.3 is 5.97 Å². The van der Waals surface area contributed by atoms with Gasteiger partial charge in [0.05, 0.1) is 12.0 Å². The predicted octanol–water partition coefficient (Wildman–Crippen LogP) is -0.984. The van der Waals surface area contributed by atoms with Crippen LogP contribution >= 0.6 is 21.6 Å². The fraction of sp³-hybridized carbons (Fsp3) is 0.451. The molecule has 0 unspecified atom stereocenters. The van der Waals surface area contributed by atoms with Crippen molar-refractivity contribution in [3.05, 3.63) is 90.1 Å². The van der Waals surface area contributed by atoms with Gasteiger partial charge in [-0.05, 0) is 42.9 Å². The van der Waals surface area contributed by atoms with E-state index in [9.17, 15) is 53.1 Å². The topological polar surface area (TPSA) is 420 Å². The van der Waals surface area contributed by atoms with Gasteiger partial charge in [-0.3, -0.25) is 53.4 Å². The van der Waals surface area contributed by atoms with Crippen LogP contribution < -0.4 is 59.3 Å². The van der Waals surface area contributed by atoms with Crippen molar-refractivity contribution in [3.63, 3.8) is 0 Å². The van der Waals surface area contributed by atoms with E-state index in [0.29, 0.717) is 24.0 Å². The SMILES string of the molecule is CCCC[C@H](NC(C)=O)C(=O)N[C@H]1CSSC[C@@H](C(N)=O)NC(=O)[C@H](Cc2c[nH]c3ccccc23)NC(=O)[C@H](CCCNC(=N)N)NC(=O)[C@@H](Cc2ccccc2)NC(=O)[C@H](Cc2c[nH]cn2)NC(=O)[C@@H](CCC(=O)O)NC1=O. The standard InChI is InChI=1S/C51H69N15O11S2/c1-3-4-14-34(59-28(2)67)44(71)66-41-26-79-78-25-40(43(52)70)65-48(75)38(21-30-23-57-33-15-9-8-13-32(30)33)63-45(72)35(16-10-19-56-51(53)54)60-47(74)37(20-29-11-6-5-7-12-29)62-49(76)39(22-31-24-55-27-58-31)64-46(73)36(61-50(41)77)17-18-42(68)69/h5-9,11-13,15,23-24,27,34-41,57H,3-4,10,14,16-22,25-26H2,1-2H3,(H2,52,70)(H,55,58)(H,59,67)(H,60,74)(H,61,77)(H,62,76)(H,63,72)(H,64,73)(H,65,75)(H,66,71)(H,68,69)(H4,53,54,56)/t34-,35-,36+,37+,38-,39-,40-,41-/m0/s1. The van der Waals surface area contributed by atoms with E-state index >= 15 is 0 Å². The molecule has 17 N–H and O–H groups in total. The summed E-state index contributed by atoms with van der Waals surface area (Å²) in [4.78, 5) is 148. The van der Waals surface area contributed by atoms with Crippen LogP contribution in [-0.2, 0) is 67.2 Å². The van der Waals surface area contributed by atoms with Crippen LogP contribution in [0.1, 0.15) is 75.6 Å². The van der Waals surface area contributed by atoms with Gasteiger partial charge in [0.25, 0.3) is 0 Å². The summed E-state index contributed by atoms with van der Waals surface area (Å²) in [6.07, 6.45) is 4.22. The number of guanidine groups is 1. The highest BCUT2D eigenvalue weighted by Gasteiger charge is 2.36. The molecule has 1 aliphatic heterocycles. The molecule has 1 fully saturated rings. The molecule has 0 bridgehead atoms. The third kappa shape index (κ3) is 20.3. The van der Waals surface area contributed by atoms with Gasteiger partial charge in [-0.1, -0.05) is 89.9 Å². The van der Waals surface area contributed by atoms with Crippen LogP contribution in [0.4, 0.5) is 0 Å². The Kier molecular flexibility index (Phi) is 24.5. The normalized spacial score (nSPS) is 21.6. The Balaban J connectivity index is 1.60. The molecule has 0 spiro atoms. The van der Waals surface area contributed by atoms with Crippen LogP contribution in [0.2, 0.25) is 0 Å². The lowest BCUT2D eigenvalue weighted by Crippen LogP contribution is -2.61. The van der Waals surface area contributed by atoms with Gasteiger partial charge < -0.3 is 74.4 Å². The summed E-state index contributed by atoms with van der Waals surface area (Å²) in [7, 11) is 1.94. The number of amides is 9. The molecule has 5 rings (SSSR count). The second-order valence-electron chi connectivity index (χ2n) is 18.7. The first-order valence-electron chi connectivity index (χ1n) is 25.6. The van der Waals surface area contributed by atoms with Crippen molar-refractivity contribution in [3.8, 4) is 0 Å². The quantitative estimate of drug-likeness (QED) is 0.0219. The third-order valence-electron chi connectivity index (χ3n) is 12.5. The minimum absolute atomic E-state index is 0.0849. The van der Waals surface area contributed by atoms with E-state index < -0.39 is 120 Å². The fourth-order valence-corrected chi connectivity index (χ4v) is 10.7. The average Bonchev–Trinajstić information content (AvgIpc) is 4.13. The highest BCUT2D eigenvalue weighted by Crippen LogP contribution is 2.24. The number of unbranched alkanes of at least 4 members (excludes halogenated alkanes) is 1. The van der Waals surface area contributed by atoms with Crippen LogP contribution in [0, 0.1) is 5.41 Å². The van der Waals surface area contributed by atoms with Gasteiger partial charge in [0.1, 0.15) is 48.3 Å². The number of para-hydroxylation sites is 1. The lowest BCUT2D eigenvalue weighted by atomic mass is 10.0. The van der Waals surface area contributed by atoms with Crippen LogP contribution in [0.15, 0.2) is 73.3 Å². The van der Waals surface area contributed by atoms with E-state index in [-0.39, 0.29) is 68.2 Å². The molecular weight excluding hydrogens is 1060 g/mol. The van der Waals surface area contributed by atoms with Crippen molar-refractivity contribution < 1.29 is 53.1 Å². The number of primary amides is 1. The maximum Gasteiger partial charge on any atom is 0.303 e. The number of carbonyl (C=O) groups is 10. The van der Waals surface area contributed by atoms with Gasteiger partial charge in [-0.15, -0.1) is 0 Å². The molecule has 4 aromatic rings. The highest BCUT2D eigenvalue weighted by molar-refractivity contribution is 8.76. The van der Waals surface area contributed by atoms with Crippen LogP contribution in [0.3, 0.4) is 0 Å². The van der Waals surface area contributed by atoms with E-state index in [0.717, 1.165) is 32.5 Å².